The third kappa shape index (κ3) is 3.02. The normalized spacial score (nSPS) is 10.7. The molecule has 1 amide bonds. The summed E-state index contributed by atoms with van der Waals surface area (Å²) in [6.45, 7) is 0. The number of H-pyrrole nitrogens is 1. The predicted octanol–water partition coefficient (Wildman–Crippen LogP) is 4.49. The first-order valence-corrected chi connectivity index (χ1v) is 8.22. The van der Waals surface area contributed by atoms with Crippen molar-refractivity contribution in [3.8, 4) is 16.9 Å². The molecule has 0 radical (unpaired) electrons. The minimum atomic E-state index is -0.157. The first-order chi connectivity index (χ1) is 12.7. The second kappa shape index (κ2) is 6.72. The number of ether oxygens (including phenoxy) is 1. The molecule has 4 rings (SSSR count). The number of rotatable bonds is 4. The molecule has 2 aromatic carbocycles. The number of fused-ring (bicyclic) bond motifs is 1. The van der Waals surface area contributed by atoms with Crippen LogP contribution in [-0.2, 0) is 0 Å². The molecule has 2 heterocycles. The van der Waals surface area contributed by atoms with E-state index in [2.05, 4.69) is 21.4 Å². The number of pyridine rings is 1. The fourth-order valence-electron chi connectivity index (χ4n) is 2.89. The van der Waals surface area contributed by atoms with Gasteiger partial charge in [-0.05, 0) is 36.4 Å². The molecule has 2 aromatic heterocycles. The van der Waals surface area contributed by atoms with Gasteiger partial charge in [0.1, 0.15) is 11.4 Å². The highest BCUT2D eigenvalue weighted by atomic mass is 16.5. The summed E-state index contributed by atoms with van der Waals surface area (Å²) in [6, 6.07) is 18.7. The zero-order valence-corrected chi connectivity index (χ0v) is 14.2. The number of benzene rings is 2. The summed E-state index contributed by atoms with van der Waals surface area (Å²) in [4.78, 5) is 19.8. The summed E-state index contributed by atoms with van der Waals surface area (Å²) < 4.78 is 5.53. The second-order valence-electron chi connectivity index (χ2n) is 5.87. The lowest BCUT2D eigenvalue weighted by Gasteiger charge is -2.12. The Balaban J connectivity index is 1.64. The Kier molecular flexibility index (Phi) is 4.11. The summed E-state index contributed by atoms with van der Waals surface area (Å²) >= 11 is 0. The molecular weight excluding hydrogens is 326 g/mol. The molecule has 0 atom stereocenters. The topological polar surface area (TPSA) is 67.0 Å². The van der Waals surface area contributed by atoms with Crippen LogP contribution in [0.1, 0.15) is 10.4 Å². The number of nitrogens with one attached hydrogen (secondary N) is 2. The number of amides is 1. The summed E-state index contributed by atoms with van der Waals surface area (Å²) in [6.07, 6.45) is 3.67. The molecule has 0 fully saturated rings. The molecule has 0 aliphatic carbocycles. The largest absolute Gasteiger partial charge is 0.496 e. The highest BCUT2D eigenvalue weighted by Crippen LogP contribution is 2.33. The van der Waals surface area contributed by atoms with E-state index < -0.39 is 0 Å². The molecule has 128 valence electrons. The molecule has 0 bridgehead atoms. The van der Waals surface area contributed by atoms with Crippen LogP contribution in [0.2, 0.25) is 0 Å². The molecule has 0 aliphatic rings. The Bertz CT molecular complexity index is 1070. The number of aromatic amines is 1. The maximum Gasteiger partial charge on any atom is 0.255 e. The number of hydrogen-bond acceptors (Lipinski definition) is 3. The first-order valence-electron chi connectivity index (χ1n) is 8.22. The molecule has 0 saturated carbocycles. The van der Waals surface area contributed by atoms with Gasteiger partial charge in [0.25, 0.3) is 5.91 Å². The van der Waals surface area contributed by atoms with Crippen molar-refractivity contribution < 1.29 is 9.53 Å². The van der Waals surface area contributed by atoms with Gasteiger partial charge in [0.05, 0.1) is 7.11 Å². The number of nitrogens with zero attached hydrogens (tertiary/aromatic N) is 1. The van der Waals surface area contributed by atoms with Crippen LogP contribution < -0.4 is 10.1 Å². The lowest BCUT2D eigenvalue weighted by atomic mass is 10.0. The summed E-state index contributed by atoms with van der Waals surface area (Å²) in [5.74, 6) is 0.517. The van der Waals surface area contributed by atoms with Crippen molar-refractivity contribution in [1.82, 2.24) is 9.97 Å². The van der Waals surface area contributed by atoms with E-state index in [9.17, 15) is 4.79 Å². The Morgan fingerprint density at radius 2 is 1.92 bits per heavy atom. The number of anilines is 1. The van der Waals surface area contributed by atoms with Gasteiger partial charge in [-0.2, -0.15) is 0 Å². The van der Waals surface area contributed by atoms with Gasteiger partial charge in [-0.3, -0.25) is 4.79 Å². The SMILES string of the molecule is COc1cc(NC(=O)c2ccccc2)ccc1-c1cnc2[nH]ccc2c1. The van der Waals surface area contributed by atoms with Gasteiger partial charge in [0.15, 0.2) is 0 Å². The number of aromatic nitrogens is 2. The molecule has 0 saturated heterocycles. The standard InChI is InChI=1S/C21H17N3O2/c1-26-19-12-17(24-21(25)14-5-3-2-4-6-14)7-8-18(19)16-11-15-9-10-22-20(15)23-13-16/h2-13H,1H3,(H,22,23)(H,24,25). The van der Waals surface area contributed by atoms with Crippen LogP contribution in [0.25, 0.3) is 22.2 Å². The maximum atomic E-state index is 12.3. The number of methoxy groups -OCH3 is 1. The summed E-state index contributed by atoms with van der Waals surface area (Å²) in [5, 5.41) is 3.93. The van der Waals surface area contributed by atoms with E-state index in [0.29, 0.717) is 17.0 Å². The van der Waals surface area contributed by atoms with E-state index >= 15 is 0 Å². The first kappa shape index (κ1) is 15.9. The third-order valence-corrected chi connectivity index (χ3v) is 4.21. The Labute approximate surface area is 150 Å². The van der Waals surface area contributed by atoms with Gasteiger partial charge in [0, 0.05) is 46.2 Å². The quantitative estimate of drug-likeness (QED) is 0.574. The average Bonchev–Trinajstić information content (AvgIpc) is 3.16. The maximum absolute atomic E-state index is 12.3. The van der Waals surface area contributed by atoms with Crippen LogP contribution in [0.5, 0.6) is 5.75 Å². The minimum absolute atomic E-state index is 0.157. The zero-order chi connectivity index (χ0) is 17.9. The second-order valence-corrected chi connectivity index (χ2v) is 5.87. The van der Waals surface area contributed by atoms with E-state index in [1.54, 1.807) is 25.4 Å². The summed E-state index contributed by atoms with van der Waals surface area (Å²) in [7, 11) is 1.61. The van der Waals surface area contributed by atoms with Crippen LogP contribution in [0, 0.1) is 0 Å². The minimum Gasteiger partial charge on any atom is -0.496 e. The van der Waals surface area contributed by atoms with Crippen molar-refractivity contribution in [1.29, 1.82) is 0 Å². The lowest BCUT2D eigenvalue weighted by Crippen LogP contribution is -2.11. The van der Waals surface area contributed by atoms with Gasteiger partial charge in [0.2, 0.25) is 0 Å². The lowest BCUT2D eigenvalue weighted by molar-refractivity contribution is 0.102. The smallest absolute Gasteiger partial charge is 0.255 e. The fourth-order valence-corrected chi connectivity index (χ4v) is 2.89. The predicted molar refractivity (Wildman–Crippen MR) is 102 cm³/mol. The molecule has 0 aliphatic heterocycles. The van der Waals surface area contributed by atoms with Crippen molar-refractivity contribution in [2.45, 2.75) is 0 Å². The molecule has 0 unspecified atom stereocenters. The van der Waals surface area contributed by atoms with Crippen molar-refractivity contribution in [3.63, 3.8) is 0 Å². The Morgan fingerprint density at radius 1 is 1.08 bits per heavy atom. The van der Waals surface area contributed by atoms with Crippen LogP contribution >= 0.6 is 0 Å². The monoisotopic (exact) mass is 343 g/mol. The Morgan fingerprint density at radius 3 is 2.73 bits per heavy atom. The van der Waals surface area contributed by atoms with Crippen molar-refractivity contribution >= 4 is 22.6 Å². The van der Waals surface area contributed by atoms with E-state index in [1.165, 1.54) is 0 Å². The van der Waals surface area contributed by atoms with E-state index in [-0.39, 0.29) is 5.91 Å². The van der Waals surface area contributed by atoms with E-state index in [4.69, 9.17) is 4.74 Å². The molecular formula is C21H17N3O2. The van der Waals surface area contributed by atoms with E-state index in [1.807, 2.05) is 48.7 Å². The highest BCUT2D eigenvalue weighted by Gasteiger charge is 2.11. The van der Waals surface area contributed by atoms with Crippen LogP contribution in [0.15, 0.2) is 73.1 Å². The van der Waals surface area contributed by atoms with Crippen LogP contribution in [-0.4, -0.2) is 23.0 Å². The van der Waals surface area contributed by atoms with Gasteiger partial charge >= 0.3 is 0 Å². The number of carbonyl (C=O) groups is 1. The zero-order valence-electron chi connectivity index (χ0n) is 14.2. The van der Waals surface area contributed by atoms with Gasteiger partial charge in [-0.1, -0.05) is 18.2 Å². The third-order valence-electron chi connectivity index (χ3n) is 4.21. The highest BCUT2D eigenvalue weighted by molar-refractivity contribution is 6.04. The molecule has 2 N–H and O–H groups in total. The molecule has 26 heavy (non-hydrogen) atoms. The average molecular weight is 343 g/mol. The molecule has 0 spiro atoms. The van der Waals surface area contributed by atoms with Crippen LogP contribution in [0.3, 0.4) is 0 Å². The van der Waals surface area contributed by atoms with Crippen molar-refractivity contribution in [2.75, 3.05) is 12.4 Å². The van der Waals surface area contributed by atoms with Crippen molar-refractivity contribution in [2.24, 2.45) is 0 Å². The van der Waals surface area contributed by atoms with Crippen molar-refractivity contribution in [3.05, 3.63) is 78.6 Å². The number of hydrogen-bond donors (Lipinski definition) is 2. The van der Waals surface area contributed by atoms with Gasteiger partial charge in [-0.15, -0.1) is 0 Å². The van der Waals surface area contributed by atoms with E-state index in [0.717, 1.165) is 22.2 Å². The fraction of sp³-hybridized carbons (Fsp3) is 0.0476. The number of carbonyl (C=O) groups excluding carboxylic acids is 1. The van der Waals surface area contributed by atoms with Crippen LogP contribution in [0.4, 0.5) is 5.69 Å². The van der Waals surface area contributed by atoms with Gasteiger partial charge in [-0.25, -0.2) is 4.98 Å². The molecule has 4 aromatic rings. The van der Waals surface area contributed by atoms with Gasteiger partial charge < -0.3 is 15.0 Å². The Hall–Kier alpha value is -3.60. The summed E-state index contributed by atoms with van der Waals surface area (Å²) in [5.41, 5.74) is 4.00. The molecule has 5 nitrogen and oxygen atoms in total. The molecule has 5 heteroatoms.